The first-order chi connectivity index (χ1) is 13.7. The van der Waals surface area contributed by atoms with Crippen LogP contribution in [0.3, 0.4) is 0 Å². The van der Waals surface area contributed by atoms with Crippen molar-refractivity contribution in [3.63, 3.8) is 0 Å². The van der Waals surface area contributed by atoms with E-state index in [1.165, 1.54) is 0 Å². The molecule has 5 heteroatoms. The molecule has 0 radical (unpaired) electrons. The number of nitrogens with zero attached hydrogens (tertiary/aromatic N) is 3. The normalized spacial score (nSPS) is 12.0. The molecule has 0 fully saturated rings. The topological polar surface area (TPSA) is 59.8 Å². The van der Waals surface area contributed by atoms with Crippen molar-refractivity contribution in [2.75, 3.05) is 0 Å². The van der Waals surface area contributed by atoms with Gasteiger partial charge >= 0.3 is 0 Å². The van der Waals surface area contributed by atoms with Gasteiger partial charge in [-0.1, -0.05) is 42.5 Å². The molecule has 1 atom stereocenters. The molecule has 5 nitrogen and oxygen atoms in total. The summed E-state index contributed by atoms with van der Waals surface area (Å²) < 4.78 is 1.97. The predicted octanol–water partition coefficient (Wildman–Crippen LogP) is 4.23. The summed E-state index contributed by atoms with van der Waals surface area (Å²) in [6.07, 6.45) is 4.72. The Morgan fingerprint density at radius 2 is 1.79 bits per heavy atom. The second-order valence-corrected chi connectivity index (χ2v) is 6.83. The molecule has 1 N–H and O–H groups in total. The van der Waals surface area contributed by atoms with Crippen molar-refractivity contribution in [1.29, 1.82) is 0 Å². The van der Waals surface area contributed by atoms with E-state index in [1.54, 1.807) is 12.5 Å². The van der Waals surface area contributed by atoms with Gasteiger partial charge in [0.15, 0.2) is 5.65 Å². The lowest BCUT2D eigenvalue weighted by atomic mass is 10.1. The summed E-state index contributed by atoms with van der Waals surface area (Å²) in [6.45, 7) is 2.01. The maximum Gasteiger partial charge on any atom is 0.220 e. The quantitative estimate of drug-likeness (QED) is 0.552. The van der Waals surface area contributed by atoms with Crippen LogP contribution in [0.1, 0.15) is 30.5 Å². The third-order valence-electron chi connectivity index (χ3n) is 4.84. The van der Waals surface area contributed by atoms with Gasteiger partial charge in [0.1, 0.15) is 11.8 Å². The van der Waals surface area contributed by atoms with Gasteiger partial charge in [0.2, 0.25) is 5.91 Å². The van der Waals surface area contributed by atoms with E-state index in [0.717, 1.165) is 28.0 Å². The lowest BCUT2D eigenvalue weighted by Crippen LogP contribution is -2.26. The van der Waals surface area contributed by atoms with E-state index in [1.807, 2.05) is 66.1 Å². The number of fused-ring (bicyclic) bond motifs is 1. The zero-order chi connectivity index (χ0) is 19.3. The third kappa shape index (κ3) is 3.93. The van der Waals surface area contributed by atoms with Gasteiger partial charge in [-0.2, -0.15) is 0 Å². The first-order valence-electron chi connectivity index (χ1n) is 9.42. The van der Waals surface area contributed by atoms with Crippen molar-refractivity contribution < 1.29 is 4.79 Å². The highest BCUT2D eigenvalue weighted by atomic mass is 16.1. The van der Waals surface area contributed by atoms with Gasteiger partial charge in [-0.15, -0.1) is 0 Å². The van der Waals surface area contributed by atoms with E-state index in [4.69, 9.17) is 0 Å². The number of benzene rings is 2. The molecule has 0 saturated heterocycles. The number of imidazole rings is 1. The average molecular weight is 370 g/mol. The Labute approximate surface area is 164 Å². The fourth-order valence-corrected chi connectivity index (χ4v) is 3.26. The molecular formula is C23H22N4O. The first kappa shape index (κ1) is 17.9. The number of rotatable bonds is 6. The van der Waals surface area contributed by atoms with Gasteiger partial charge in [0.05, 0.1) is 6.04 Å². The Bertz CT molecular complexity index is 1070. The zero-order valence-electron chi connectivity index (χ0n) is 15.7. The molecule has 2 aromatic carbocycles. The number of carbonyl (C=O) groups is 1. The monoisotopic (exact) mass is 370 g/mol. The number of pyridine rings is 1. The highest BCUT2D eigenvalue weighted by molar-refractivity contribution is 5.76. The smallest absolute Gasteiger partial charge is 0.220 e. The minimum absolute atomic E-state index is 0.0121. The van der Waals surface area contributed by atoms with Crippen LogP contribution >= 0.6 is 0 Å². The lowest BCUT2D eigenvalue weighted by Gasteiger charge is -2.14. The Hall–Kier alpha value is -3.47. The van der Waals surface area contributed by atoms with Crippen LogP contribution in [-0.2, 0) is 11.2 Å². The lowest BCUT2D eigenvalue weighted by molar-refractivity contribution is -0.121. The predicted molar refractivity (Wildman–Crippen MR) is 110 cm³/mol. The summed E-state index contributed by atoms with van der Waals surface area (Å²) in [5.41, 5.74) is 4.96. The standard InChI is InChI=1S/C23H22N4O/c1-17(19-6-3-2-4-7-19)26-22(28)14-11-18-9-12-20(13-10-18)27-16-25-21-8-5-15-24-23(21)27/h2-10,12-13,15-17H,11,14H2,1H3,(H,26,28). The molecule has 28 heavy (non-hydrogen) atoms. The molecule has 0 saturated carbocycles. The highest BCUT2D eigenvalue weighted by Crippen LogP contribution is 2.17. The average Bonchev–Trinajstić information content (AvgIpc) is 3.17. The molecule has 1 amide bonds. The largest absolute Gasteiger partial charge is 0.350 e. The van der Waals surface area contributed by atoms with E-state index in [2.05, 4.69) is 27.4 Å². The van der Waals surface area contributed by atoms with E-state index < -0.39 is 0 Å². The molecule has 2 heterocycles. The molecule has 0 aliphatic rings. The summed E-state index contributed by atoms with van der Waals surface area (Å²) in [7, 11) is 0. The molecule has 0 bridgehead atoms. The van der Waals surface area contributed by atoms with Gasteiger partial charge in [0, 0.05) is 18.3 Å². The van der Waals surface area contributed by atoms with Crippen molar-refractivity contribution >= 4 is 17.1 Å². The molecule has 4 aromatic rings. The van der Waals surface area contributed by atoms with Crippen molar-refractivity contribution in [2.45, 2.75) is 25.8 Å². The SMILES string of the molecule is CC(NC(=O)CCc1ccc(-n2cnc3cccnc32)cc1)c1ccccc1. The molecule has 1 unspecified atom stereocenters. The van der Waals surface area contributed by atoms with E-state index in [0.29, 0.717) is 12.8 Å². The Morgan fingerprint density at radius 1 is 1.00 bits per heavy atom. The van der Waals surface area contributed by atoms with E-state index >= 15 is 0 Å². The van der Waals surface area contributed by atoms with Gasteiger partial charge < -0.3 is 5.32 Å². The number of hydrogen-bond acceptors (Lipinski definition) is 3. The fraction of sp³-hybridized carbons (Fsp3) is 0.174. The van der Waals surface area contributed by atoms with E-state index in [9.17, 15) is 4.79 Å². The van der Waals surface area contributed by atoms with Crippen LogP contribution in [0.15, 0.2) is 79.3 Å². The van der Waals surface area contributed by atoms with Crippen molar-refractivity contribution in [2.24, 2.45) is 0 Å². The summed E-state index contributed by atoms with van der Waals surface area (Å²) >= 11 is 0. The first-order valence-corrected chi connectivity index (χ1v) is 9.42. The van der Waals surface area contributed by atoms with Crippen LogP contribution in [0.2, 0.25) is 0 Å². The molecule has 4 rings (SSSR count). The molecular weight excluding hydrogens is 348 g/mol. The number of hydrogen-bond donors (Lipinski definition) is 1. The fourth-order valence-electron chi connectivity index (χ4n) is 3.26. The van der Waals surface area contributed by atoms with Crippen LogP contribution in [-0.4, -0.2) is 20.4 Å². The summed E-state index contributed by atoms with van der Waals surface area (Å²) in [6, 6.07) is 22.0. The number of aryl methyl sites for hydroxylation is 1. The van der Waals surface area contributed by atoms with E-state index in [-0.39, 0.29) is 11.9 Å². The van der Waals surface area contributed by atoms with Gasteiger partial charge in [-0.3, -0.25) is 9.36 Å². The Kier molecular flexibility index (Phi) is 5.15. The van der Waals surface area contributed by atoms with Crippen LogP contribution in [0, 0.1) is 0 Å². The van der Waals surface area contributed by atoms with Crippen molar-refractivity contribution in [1.82, 2.24) is 19.9 Å². The zero-order valence-corrected chi connectivity index (χ0v) is 15.7. The van der Waals surface area contributed by atoms with Gasteiger partial charge in [0.25, 0.3) is 0 Å². The summed E-state index contributed by atoms with van der Waals surface area (Å²) in [5.74, 6) is 0.0604. The minimum Gasteiger partial charge on any atom is -0.350 e. The van der Waals surface area contributed by atoms with Crippen LogP contribution in [0.5, 0.6) is 0 Å². The maximum atomic E-state index is 12.3. The van der Waals surface area contributed by atoms with Crippen LogP contribution in [0.4, 0.5) is 0 Å². The summed E-state index contributed by atoms with van der Waals surface area (Å²) in [4.78, 5) is 21.0. The Balaban J connectivity index is 1.36. The maximum absolute atomic E-state index is 12.3. The van der Waals surface area contributed by atoms with Crippen molar-refractivity contribution in [3.05, 3.63) is 90.4 Å². The summed E-state index contributed by atoms with van der Waals surface area (Å²) in [5, 5.41) is 3.06. The second-order valence-electron chi connectivity index (χ2n) is 6.83. The number of nitrogens with one attached hydrogen (secondary N) is 1. The Morgan fingerprint density at radius 3 is 2.57 bits per heavy atom. The molecule has 0 aliphatic heterocycles. The molecule has 2 aromatic heterocycles. The van der Waals surface area contributed by atoms with Crippen molar-refractivity contribution in [3.8, 4) is 5.69 Å². The molecule has 0 spiro atoms. The highest BCUT2D eigenvalue weighted by Gasteiger charge is 2.10. The van der Waals surface area contributed by atoms with Crippen LogP contribution < -0.4 is 5.32 Å². The van der Waals surface area contributed by atoms with Gasteiger partial charge in [-0.05, 0) is 48.7 Å². The molecule has 140 valence electrons. The van der Waals surface area contributed by atoms with Gasteiger partial charge in [-0.25, -0.2) is 9.97 Å². The third-order valence-corrected chi connectivity index (χ3v) is 4.84. The number of amides is 1. The van der Waals surface area contributed by atoms with Crippen LogP contribution in [0.25, 0.3) is 16.9 Å². The minimum atomic E-state index is 0.0121. The molecule has 0 aliphatic carbocycles. The second kappa shape index (κ2) is 8.05. The number of carbonyl (C=O) groups excluding carboxylic acids is 1. The number of aromatic nitrogens is 3.